The predicted octanol–water partition coefficient (Wildman–Crippen LogP) is 2.50. The second-order valence-corrected chi connectivity index (χ2v) is 7.74. The molecule has 0 atom stereocenters. The van der Waals surface area contributed by atoms with Crippen molar-refractivity contribution in [1.29, 1.82) is 0 Å². The Balaban J connectivity index is 1.46. The van der Waals surface area contributed by atoms with Gasteiger partial charge in [-0.25, -0.2) is 22.8 Å². The van der Waals surface area contributed by atoms with Crippen LogP contribution in [0, 0.1) is 0 Å². The second kappa shape index (κ2) is 7.70. The molecule has 0 radical (unpaired) electrons. The topological polar surface area (TPSA) is 114 Å². The number of hydrogen-bond donors (Lipinski definition) is 3. The fourth-order valence-corrected chi connectivity index (χ4v) is 3.97. The second-order valence-electron chi connectivity index (χ2n) is 7.74. The van der Waals surface area contributed by atoms with Gasteiger partial charge in [-0.3, -0.25) is 4.79 Å². The van der Waals surface area contributed by atoms with Crippen molar-refractivity contribution in [3.63, 3.8) is 0 Å². The highest BCUT2D eigenvalue weighted by molar-refractivity contribution is 5.87. The molecule has 5 rings (SSSR count). The summed E-state index contributed by atoms with van der Waals surface area (Å²) in [5.41, 5.74) is 1.96. The van der Waals surface area contributed by atoms with Crippen molar-refractivity contribution < 1.29 is 13.6 Å². The van der Waals surface area contributed by atoms with E-state index in [1.54, 1.807) is 29.9 Å². The van der Waals surface area contributed by atoms with Crippen molar-refractivity contribution in [2.24, 2.45) is 0 Å². The zero-order valence-corrected chi connectivity index (χ0v) is 17.4. The van der Waals surface area contributed by atoms with Gasteiger partial charge in [-0.2, -0.15) is 10.1 Å². The van der Waals surface area contributed by atoms with E-state index >= 15 is 0 Å². The third-order valence-electron chi connectivity index (χ3n) is 5.51. The number of nitrogens with zero attached hydrogens (tertiary/aromatic N) is 6. The van der Waals surface area contributed by atoms with Gasteiger partial charge in [0.2, 0.25) is 11.9 Å². The molecule has 0 aromatic carbocycles. The highest BCUT2D eigenvalue weighted by Crippen LogP contribution is 2.31. The number of carbonyl (C=O) groups excluding carboxylic acids is 1. The number of halogens is 2. The average Bonchev–Trinajstić information content (AvgIpc) is 3.35. The lowest BCUT2D eigenvalue weighted by atomic mass is 9.87. The highest BCUT2D eigenvalue weighted by Gasteiger charge is 2.30. The van der Waals surface area contributed by atoms with E-state index < -0.39 is 6.43 Å². The molecule has 1 fully saturated rings. The number of hydrogen-bond acceptors (Lipinski definition) is 7. The van der Waals surface area contributed by atoms with Gasteiger partial charge in [-0.15, -0.1) is 5.10 Å². The number of carbonyl (C=O) groups is 1. The van der Waals surface area contributed by atoms with Crippen LogP contribution in [0.5, 0.6) is 0 Å². The van der Waals surface area contributed by atoms with Gasteiger partial charge in [0.05, 0.1) is 11.9 Å². The minimum Gasteiger partial charge on any atom is -0.371 e. The van der Waals surface area contributed by atoms with Crippen LogP contribution in [0.25, 0.3) is 22.4 Å². The van der Waals surface area contributed by atoms with Crippen LogP contribution in [0.2, 0.25) is 0 Å². The minimum atomic E-state index is -2.68. The monoisotopic (exact) mass is 441 g/mol. The van der Waals surface area contributed by atoms with Crippen molar-refractivity contribution in [1.82, 2.24) is 34.5 Å². The van der Waals surface area contributed by atoms with Crippen LogP contribution in [0.15, 0.2) is 30.6 Å². The van der Waals surface area contributed by atoms with Gasteiger partial charge < -0.3 is 16.0 Å². The van der Waals surface area contributed by atoms with Gasteiger partial charge in [0, 0.05) is 37.8 Å². The molecule has 0 saturated heterocycles. The fraction of sp³-hybridized carbons (Fsp3) is 0.350. The summed E-state index contributed by atoms with van der Waals surface area (Å²) in [4.78, 5) is 19.7. The number of rotatable bonds is 6. The van der Waals surface area contributed by atoms with E-state index in [9.17, 15) is 13.6 Å². The summed E-state index contributed by atoms with van der Waals surface area (Å²) in [7, 11) is 1.75. The van der Waals surface area contributed by atoms with Crippen LogP contribution in [0.1, 0.15) is 31.9 Å². The van der Waals surface area contributed by atoms with Crippen LogP contribution >= 0.6 is 0 Å². The molecular formula is C20H21F2N9O. The quantitative estimate of drug-likeness (QED) is 0.421. The van der Waals surface area contributed by atoms with Gasteiger partial charge in [0.15, 0.2) is 11.5 Å². The molecule has 4 aromatic heterocycles. The number of fused-ring (bicyclic) bond motifs is 2. The molecule has 3 N–H and O–H groups in total. The molecule has 1 aliphatic carbocycles. The first kappa shape index (κ1) is 20.1. The van der Waals surface area contributed by atoms with Gasteiger partial charge in [-0.1, -0.05) is 0 Å². The van der Waals surface area contributed by atoms with Gasteiger partial charge in [-0.05, 0) is 31.0 Å². The lowest BCUT2D eigenvalue weighted by Crippen LogP contribution is -2.49. The Bertz CT molecular complexity index is 1310. The lowest BCUT2D eigenvalue weighted by molar-refractivity contribution is -0.120. The smallest absolute Gasteiger partial charge is 0.282 e. The molecule has 0 spiro atoms. The molecule has 0 unspecified atom stereocenters. The van der Waals surface area contributed by atoms with E-state index in [2.05, 4.69) is 36.1 Å². The van der Waals surface area contributed by atoms with Crippen LogP contribution in [-0.4, -0.2) is 54.2 Å². The van der Waals surface area contributed by atoms with Gasteiger partial charge in [0.1, 0.15) is 11.2 Å². The molecular weight excluding hydrogens is 420 g/mol. The maximum atomic E-state index is 13.3. The summed E-state index contributed by atoms with van der Waals surface area (Å²) in [5, 5.41) is 18.2. The Hall–Kier alpha value is -3.83. The zero-order valence-electron chi connectivity index (χ0n) is 17.4. The third kappa shape index (κ3) is 3.47. The van der Waals surface area contributed by atoms with Gasteiger partial charge in [0.25, 0.3) is 6.43 Å². The molecule has 1 aliphatic rings. The summed E-state index contributed by atoms with van der Waals surface area (Å²) in [6.07, 6.45) is 1.82. The molecule has 1 amide bonds. The SMILES string of the molecule is CNc1nc(NC2CC(NC(C)=O)C2)nn2ccc(-c3ccc4ncc(C(F)F)n4n3)c12. The maximum absolute atomic E-state index is 13.3. The maximum Gasteiger partial charge on any atom is 0.282 e. The van der Waals surface area contributed by atoms with Crippen molar-refractivity contribution in [2.75, 3.05) is 17.7 Å². The largest absolute Gasteiger partial charge is 0.371 e. The van der Waals surface area contributed by atoms with Crippen LogP contribution in [0.4, 0.5) is 20.5 Å². The third-order valence-corrected chi connectivity index (χ3v) is 5.51. The van der Waals surface area contributed by atoms with Crippen LogP contribution in [0.3, 0.4) is 0 Å². The van der Waals surface area contributed by atoms with E-state index in [1.807, 2.05) is 6.07 Å². The number of amides is 1. The first-order valence-corrected chi connectivity index (χ1v) is 10.2. The Morgan fingerprint density at radius 3 is 2.72 bits per heavy atom. The fourth-order valence-electron chi connectivity index (χ4n) is 3.97. The molecule has 0 aliphatic heterocycles. The van der Waals surface area contributed by atoms with E-state index in [0.717, 1.165) is 23.6 Å². The zero-order chi connectivity index (χ0) is 22.4. The Kier molecular flexibility index (Phi) is 4.83. The summed E-state index contributed by atoms with van der Waals surface area (Å²) in [6.45, 7) is 1.51. The number of nitrogens with one attached hydrogen (secondary N) is 3. The molecule has 10 nitrogen and oxygen atoms in total. The van der Waals surface area contributed by atoms with Crippen molar-refractivity contribution in [3.05, 3.63) is 36.3 Å². The van der Waals surface area contributed by atoms with Crippen molar-refractivity contribution in [2.45, 2.75) is 38.3 Å². The molecule has 166 valence electrons. The lowest BCUT2D eigenvalue weighted by Gasteiger charge is -2.36. The summed E-state index contributed by atoms with van der Waals surface area (Å²) in [6, 6.07) is 5.53. The molecule has 12 heteroatoms. The normalized spacial score (nSPS) is 18.2. The molecule has 1 saturated carbocycles. The summed E-state index contributed by atoms with van der Waals surface area (Å²) >= 11 is 0. The van der Waals surface area contributed by atoms with Crippen molar-refractivity contribution in [3.8, 4) is 11.3 Å². The first-order valence-electron chi connectivity index (χ1n) is 10.2. The number of anilines is 2. The van der Waals surface area contributed by atoms with E-state index in [4.69, 9.17) is 0 Å². The van der Waals surface area contributed by atoms with E-state index in [-0.39, 0.29) is 23.7 Å². The van der Waals surface area contributed by atoms with Crippen LogP contribution < -0.4 is 16.0 Å². The van der Waals surface area contributed by atoms with Crippen LogP contribution in [-0.2, 0) is 4.79 Å². The minimum absolute atomic E-state index is 0.0355. The summed E-state index contributed by atoms with van der Waals surface area (Å²) < 4.78 is 29.4. The molecule has 0 bridgehead atoms. The van der Waals surface area contributed by atoms with Crippen molar-refractivity contribution >= 4 is 28.8 Å². The Morgan fingerprint density at radius 1 is 1.19 bits per heavy atom. The molecule has 4 aromatic rings. The van der Waals surface area contributed by atoms with E-state index in [1.165, 1.54) is 6.92 Å². The van der Waals surface area contributed by atoms with Gasteiger partial charge >= 0.3 is 0 Å². The average molecular weight is 441 g/mol. The predicted molar refractivity (Wildman–Crippen MR) is 114 cm³/mol. The Labute approximate surface area is 181 Å². The standard InChI is InChI=1S/C20H21F2N9O/c1-10(32)25-11-7-12(8-11)26-20-27-19(23-2)17-13(5-6-30(17)29-20)14-3-4-16-24-9-15(18(21)22)31(16)28-14/h3-6,9,11-12,18H,7-8H2,1-2H3,(H,25,32)(H2,23,26,27,29). The molecule has 32 heavy (non-hydrogen) atoms. The van der Waals surface area contributed by atoms with E-state index in [0.29, 0.717) is 34.2 Å². The summed E-state index contributed by atoms with van der Waals surface area (Å²) in [5.74, 6) is 0.988. The number of alkyl halides is 2. The first-order chi connectivity index (χ1) is 15.4. The Morgan fingerprint density at radius 2 is 2.00 bits per heavy atom. The number of aromatic nitrogens is 6. The number of imidazole rings is 1. The highest BCUT2D eigenvalue weighted by atomic mass is 19.3. The molecule has 4 heterocycles.